The van der Waals surface area contributed by atoms with Gasteiger partial charge in [0.15, 0.2) is 5.82 Å². The molecule has 0 fully saturated rings. The van der Waals surface area contributed by atoms with Crippen molar-refractivity contribution in [1.29, 1.82) is 0 Å². The van der Waals surface area contributed by atoms with Crippen LogP contribution in [-0.2, 0) is 29.6 Å². The van der Waals surface area contributed by atoms with Gasteiger partial charge >= 0.3 is 0 Å². The van der Waals surface area contributed by atoms with E-state index in [1.807, 2.05) is 72.3 Å². The van der Waals surface area contributed by atoms with Crippen LogP contribution in [0.3, 0.4) is 0 Å². The summed E-state index contributed by atoms with van der Waals surface area (Å²) in [6.07, 6.45) is 2.05. The first-order valence-corrected chi connectivity index (χ1v) is 9.24. The van der Waals surface area contributed by atoms with Crippen LogP contribution in [0.1, 0.15) is 11.3 Å². The molecule has 142 valence electrons. The second kappa shape index (κ2) is 7.31. The van der Waals surface area contributed by atoms with E-state index in [9.17, 15) is 9.59 Å². The van der Waals surface area contributed by atoms with Gasteiger partial charge < -0.3 is 9.47 Å². The summed E-state index contributed by atoms with van der Waals surface area (Å²) in [5.41, 5.74) is 2.66. The number of imidazole rings is 1. The average Bonchev–Trinajstić information content (AvgIpc) is 3.10. The van der Waals surface area contributed by atoms with Crippen LogP contribution < -0.4 is 9.80 Å². The number of hydrogen-bond acceptors (Lipinski definition) is 3. The van der Waals surface area contributed by atoms with E-state index in [-0.39, 0.29) is 11.8 Å². The zero-order valence-electron chi connectivity index (χ0n) is 15.9. The Morgan fingerprint density at radius 2 is 1.75 bits per heavy atom. The highest BCUT2D eigenvalue weighted by Crippen LogP contribution is 2.32. The van der Waals surface area contributed by atoms with Crippen molar-refractivity contribution in [3.8, 4) is 0 Å². The summed E-state index contributed by atoms with van der Waals surface area (Å²) in [5, 5.41) is 0. The quantitative estimate of drug-likeness (QED) is 0.660. The lowest BCUT2D eigenvalue weighted by Gasteiger charge is -2.33. The number of rotatable bonds is 4. The van der Waals surface area contributed by atoms with Crippen LogP contribution in [-0.4, -0.2) is 28.4 Å². The Kier molecular flexibility index (Phi) is 4.69. The standard InChI is InChI=1S/C22H22N4O2/c1-24-15-23-20-19(24)13-18(21(27)25(2)17-11-7-4-8-12-17)22(28)26(20)14-16-9-5-3-6-10-16/h3-12,15,18H,13-14H2,1-2H3/t18-/m0/s1. The fourth-order valence-electron chi connectivity index (χ4n) is 3.60. The Balaban J connectivity index is 1.67. The van der Waals surface area contributed by atoms with Crippen molar-refractivity contribution < 1.29 is 9.59 Å². The van der Waals surface area contributed by atoms with Gasteiger partial charge in [0.25, 0.3) is 0 Å². The van der Waals surface area contributed by atoms with E-state index < -0.39 is 5.92 Å². The molecule has 2 aromatic carbocycles. The van der Waals surface area contributed by atoms with E-state index in [1.54, 1.807) is 23.2 Å². The van der Waals surface area contributed by atoms with Gasteiger partial charge in [0.2, 0.25) is 11.8 Å². The fraction of sp³-hybridized carbons (Fsp3) is 0.227. The summed E-state index contributed by atoms with van der Waals surface area (Å²) in [4.78, 5) is 34.1. The van der Waals surface area contributed by atoms with E-state index in [4.69, 9.17) is 0 Å². The van der Waals surface area contributed by atoms with E-state index in [0.29, 0.717) is 18.8 Å². The molecule has 2 heterocycles. The largest absolute Gasteiger partial charge is 0.336 e. The molecule has 1 atom stereocenters. The smallest absolute Gasteiger partial charge is 0.241 e. The Bertz CT molecular complexity index is 998. The van der Waals surface area contributed by atoms with Crippen molar-refractivity contribution in [2.45, 2.75) is 13.0 Å². The third-order valence-corrected chi connectivity index (χ3v) is 5.21. The highest BCUT2D eigenvalue weighted by molar-refractivity contribution is 6.13. The fourth-order valence-corrected chi connectivity index (χ4v) is 3.60. The monoisotopic (exact) mass is 374 g/mol. The third kappa shape index (κ3) is 3.17. The minimum absolute atomic E-state index is 0.206. The van der Waals surface area contributed by atoms with Gasteiger partial charge in [-0.2, -0.15) is 0 Å². The number of aromatic nitrogens is 2. The first-order chi connectivity index (χ1) is 13.6. The number of fused-ring (bicyclic) bond motifs is 1. The highest BCUT2D eigenvalue weighted by Gasteiger charge is 2.41. The van der Waals surface area contributed by atoms with Crippen LogP contribution >= 0.6 is 0 Å². The molecule has 3 aromatic rings. The minimum atomic E-state index is -0.767. The number of benzene rings is 2. The van der Waals surface area contributed by atoms with Gasteiger partial charge in [0, 0.05) is 26.2 Å². The highest BCUT2D eigenvalue weighted by atomic mass is 16.2. The van der Waals surface area contributed by atoms with Gasteiger partial charge in [-0.25, -0.2) is 4.98 Å². The summed E-state index contributed by atoms with van der Waals surface area (Å²) < 4.78 is 1.89. The normalized spacial score (nSPS) is 16.0. The van der Waals surface area contributed by atoms with Gasteiger partial charge in [-0.15, -0.1) is 0 Å². The number of anilines is 2. The topological polar surface area (TPSA) is 58.4 Å². The Hall–Kier alpha value is -3.41. The third-order valence-electron chi connectivity index (χ3n) is 5.21. The van der Waals surface area contributed by atoms with Crippen LogP contribution in [0.4, 0.5) is 11.5 Å². The molecule has 0 bridgehead atoms. The van der Waals surface area contributed by atoms with Crippen LogP contribution in [0, 0.1) is 5.92 Å². The minimum Gasteiger partial charge on any atom is -0.336 e. The summed E-state index contributed by atoms with van der Waals surface area (Å²) >= 11 is 0. The van der Waals surface area contributed by atoms with Crippen LogP contribution in [0.5, 0.6) is 0 Å². The number of carbonyl (C=O) groups is 2. The zero-order valence-corrected chi connectivity index (χ0v) is 15.9. The predicted molar refractivity (Wildman–Crippen MR) is 108 cm³/mol. The van der Waals surface area contributed by atoms with Crippen molar-refractivity contribution in [1.82, 2.24) is 9.55 Å². The molecule has 0 N–H and O–H groups in total. The van der Waals surface area contributed by atoms with Crippen molar-refractivity contribution in [3.05, 3.63) is 78.2 Å². The van der Waals surface area contributed by atoms with Gasteiger partial charge in [-0.1, -0.05) is 48.5 Å². The van der Waals surface area contributed by atoms with Crippen molar-refractivity contribution in [3.63, 3.8) is 0 Å². The molecule has 2 amide bonds. The molecule has 0 aliphatic carbocycles. The number of aryl methyl sites for hydroxylation is 1. The molecular weight excluding hydrogens is 352 g/mol. The Morgan fingerprint density at radius 1 is 1.11 bits per heavy atom. The summed E-state index contributed by atoms with van der Waals surface area (Å²) in [6.45, 7) is 0.391. The second-order valence-electron chi connectivity index (χ2n) is 7.03. The molecule has 4 rings (SSSR count). The molecule has 6 heteroatoms. The summed E-state index contributed by atoms with van der Waals surface area (Å²) in [5.74, 6) is -0.538. The molecular formula is C22H22N4O2. The van der Waals surface area contributed by atoms with Gasteiger partial charge in [-0.05, 0) is 17.7 Å². The van der Waals surface area contributed by atoms with E-state index in [1.165, 1.54) is 0 Å². The zero-order chi connectivity index (χ0) is 19.7. The predicted octanol–water partition coefficient (Wildman–Crippen LogP) is 2.79. The van der Waals surface area contributed by atoms with Gasteiger partial charge in [0.05, 0.1) is 18.6 Å². The summed E-state index contributed by atoms with van der Waals surface area (Å²) in [7, 11) is 3.61. The van der Waals surface area contributed by atoms with E-state index >= 15 is 0 Å². The van der Waals surface area contributed by atoms with Crippen molar-refractivity contribution >= 4 is 23.3 Å². The Labute approximate surface area is 164 Å². The molecule has 1 aromatic heterocycles. The number of para-hydroxylation sites is 1. The van der Waals surface area contributed by atoms with Gasteiger partial charge in [-0.3, -0.25) is 14.5 Å². The average molecular weight is 374 g/mol. The lowest BCUT2D eigenvalue weighted by Crippen LogP contribution is -2.48. The SMILES string of the molecule is CN(C(=O)[C@@H]1Cc2c(ncn2C)N(Cc2ccccc2)C1=O)c1ccccc1. The van der Waals surface area contributed by atoms with E-state index in [2.05, 4.69) is 4.98 Å². The van der Waals surface area contributed by atoms with Crippen LogP contribution in [0.15, 0.2) is 67.0 Å². The maximum absolute atomic E-state index is 13.3. The second-order valence-corrected chi connectivity index (χ2v) is 7.03. The molecule has 0 spiro atoms. The molecule has 28 heavy (non-hydrogen) atoms. The number of carbonyl (C=O) groups excluding carboxylic acids is 2. The van der Waals surface area contributed by atoms with Crippen LogP contribution in [0.25, 0.3) is 0 Å². The molecule has 0 unspecified atom stereocenters. The maximum Gasteiger partial charge on any atom is 0.241 e. The van der Waals surface area contributed by atoms with E-state index in [0.717, 1.165) is 16.9 Å². The van der Waals surface area contributed by atoms with Crippen LogP contribution in [0.2, 0.25) is 0 Å². The van der Waals surface area contributed by atoms with Crippen molar-refractivity contribution in [2.24, 2.45) is 13.0 Å². The van der Waals surface area contributed by atoms with Gasteiger partial charge in [0.1, 0.15) is 5.92 Å². The molecule has 0 saturated heterocycles. The lowest BCUT2D eigenvalue weighted by molar-refractivity contribution is -0.132. The molecule has 0 radical (unpaired) electrons. The first kappa shape index (κ1) is 18.0. The molecule has 1 aliphatic heterocycles. The lowest BCUT2D eigenvalue weighted by atomic mass is 9.95. The number of nitrogens with zero attached hydrogens (tertiary/aromatic N) is 4. The number of amides is 2. The molecule has 1 aliphatic rings. The summed E-state index contributed by atoms with van der Waals surface area (Å²) in [6, 6.07) is 19.1. The first-order valence-electron chi connectivity index (χ1n) is 9.24. The molecule has 6 nitrogen and oxygen atoms in total. The Morgan fingerprint density at radius 3 is 2.43 bits per heavy atom. The molecule has 0 saturated carbocycles. The maximum atomic E-state index is 13.3. The van der Waals surface area contributed by atoms with Crippen molar-refractivity contribution in [2.75, 3.05) is 16.8 Å². The number of hydrogen-bond donors (Lipinski definition) is 0.